The molecule has 1 amide bonds. The molecule has 5 rings (SSSR count). The highest BCUT2D eigenvalue weighted by molar-refractivity contribution is 5.97. The molecule has 0 N–H and O–H groups in total. The van der Waals surface area contributed by atoms with E-state index in [4.69, 9.17) is 0 Å². The summed E-state index contributed by atoms with van der Waals surface area (Å²) in [5, 5.41) is 0. The van der Waals surface area contributed by atoms with Crippen molar-refractivity contribution in [2.75, 3.05) is 39.8 Å². The third-order valence-corrected chi connectivity index (χ3v) is 7.10. The van der Waals surface area contributed by atoms with Crippen molar-refractivity contribution in [1.29, 1.82) is 0 Å². The van der Waals surface area contributed by atoms with E-state index in [1.165, 1.54) is 11.3 Å². The summed E-state index contributed by atoms with van der Waals surface area (Å²) in [4.78, 5) is 20.9. The van der Waals surface area contributed by atoms with E-state index in [0.29, 0.717) is 6.54 Å². The monoisotopic (exact) mass is 428 g/mol. The number of hydrogen-bond donors (Lipinski definition) is 0. The molecule has 0 radical (unpaired) electrons. The number of fused-ring (bicyclic) bond motifs is 1. The van der Waals surface area contributed by atoms with Gasteiger partial charge in [0.1, 0.15) is 0 Å². The summed E-state index contributed by atoms with van der Waals surface area (Å²) in [5.41, 5.74) is 4.40. The second kappa shape index (κ2) is 8.93. The molecular weight excluding hydrogens is 396 g/mol. The number of aryl methyl sites for hydroxylation is 1. The molecule has 1 saturated heterocycles. The van der Waals surface area contributed by atoms with Crippen molar-refractivity contribution in [3.05, 3.63) is 95.3 Å². The fourth-order valence-corrected chi connectivity index (χ4v) is 5.29. The van der Waals surface area contributed by atoms with Gasteiger partial charge < -0.3 is 19.3 Å². The van der Waals surface area contributed by atoms with Crippen LogP contribution in [0.3, 0.4) is 0 Å². The molecule has 1 aromatic heterocycles. The maximum Gasteiger partial charge on any atom is 0.255 e. The van der Waals surface area contributed by atoms with Crippen molar-refractivity contribution in [1.82, 2.24) is 19.3 Å². The third kappa shape index (κ3) is 3.98. The van der Waals surface area contributed by atoms with Gasteiger partial charge in [-0.2, -0.15) is 0 Å². The summed E-state index contributed by atoms with van der Waals surface area (Å²) >= 11 is 0. The molecule has 2 atom stereocenters. The topological polar surface area (TPSA) is 31.7 Å². The summed E-state index contributed by atoms with van der Waals surface area (Å²) in [6.07, 6.45) is 2.09. The van der Waals surface area contributed by atoms with Gasteiger partial charge in [0.25, 0.3) is 5.91 Å². The highest BCUT2D eigenvalue weighted by Gasteiger charge is 2.42. The van der Waals surface area contributed by atoms with Gasteiger partial charge in [-0.05, 0) is 36.4 Å². The molecule has 3 aromatic rings. The second-order valence-electron chi connectivity index (χ2n) is 9.21. The number of rotatable bonds is 5. The van der Waals surface area contributed by atoms with E-state index in [2.05, 4.69) is 88.1 Å². The van der Waals surface area contributed by atoms with Gasteiger partial charge in [-0.1, -0.05) is 48.5 Å². The van der Waals surface area contributed by atoms with Gasteiger partial charge in [-0.25, -0.2) is 0 Å². The van der Waals surface area contributed by atoms with Gasteiger partial charge in [-0.3, -0.25) is 4.79 Å². The van der Waals surface area contributed by atoms with Crippen LogP contribution in [0.2, 0.25) is 0 Å². The lowest BCUT2D eigenvalue weighted by Gasteiger charge is -2.45. The molecule has 1 fully saturated rings. The molecule has 0 saturated carbocycles. The molecule has 2 aromatic carbocycles. The largest absolute Gasteiger partial charge is 0.353 e. The first kappa shape index (κ1) is 21.0. The van der Waals surface area contributed by atoms with Crippen LogP contribution in [0.15, 0.2) is 72.9 Å². The molecule has 166 valence electrons. The van der Waals surface area contributed by atoms with E-state index >= 15 is 0 Å². The highest BCUT2D eigenvalue weighted by atomic mass is 16.2. The van der Waals surface area contributed by atoms with Crippen LogP contribution >= 0.6 is 0 Å². The first-order valence-electron chi connectivity index (χ1n) is 11.6. The molecule has 32 heavy (non-hydrogen) atoms. The maximum absolute atomic E-state index is 13.8. The van der Waals surface area contributed by atoms with E-state index < -0.39 is 0 Å². The van der Waals surface area contributed by atoms with E-state index in [1.807, 2.05) is 18.2 Å². The van der Waals surface area contributed by atoms with Gasteiger partial charge >= 0.3 is 0 Å². The number of piperazine rings is 1. The second-order valence-corrected chi connectivity index (χ2v) is 9.21. The maximum atomic E-state index is 13.8. The van der Waals surface area contributed by atoms with E-state index in [9.17, 15) is 4.79 Å². The highest BCUT2D eigenvalue weighted by Crippen LogP contribution is 2.43. The third-order valence-electron chi connectivity index (χ3n) is 7.10. The number of likely N-dealkylation sites (N-methyl/N-ethyl adjacent to an activating group) is 1. The minimum absolute atomic E-state index is 0.00253. The Morgan fingerprint density at radius 2 is 1.56 bits per heavy atom. The van der Waals surface area contributed by atoms with Crippen molar-refractivity contribution in [2.24, 2.45) is 7.05 Å². The standard InChI is InChI=1S/C27H32N4O/c1-28-15-17-30(18-16-28)20-24-22-11-6-7-12-23(22)27(32)31(19-21-9-4-3-5-10-21)26(24)25-13-8-14-29(25)2/h3-14,24,26H,15-20H2,1-2H3/t24-,26-/m1/s1. The van der Waals surface area contributed by atoms with Crippen molar-refractivity contribution >= 4 is 5.91 Å². The minimum atomic E-state index is -0.00253. The van der Waals surface area contributed by atoms with Crippen molar-refractivity contribution in [3.8, 4) is 0 Å². The Balaban J connectivity index is 1.58. The summed E-state index contributed by atoms with van der Waals surface area (Å²) in [6.45, 7) is 5.90. The van der Waals surface area contributed by atoms with Crippen LogP contribution in [0.25, 0.3) is 0 Å². The molecule has 3 heterocycles. The van der Waals surface area contributed by atoms with Crippen molar-refractivity contribution in [2.45, 2.75) is 18.5 Å². The average molecular weight is 429 g/mol. The zero-order valence-electron chi connectivity index (χ0n) is 19.0. The average Bonchev–Trinajstić information content (AvgIpc) is 3.24. The number of benzene rings is 2. The normalized spacial score (nSPS) is 22.2. The first-order valence-corrected chi connectivity index (χ1v) is 11.6. The summed E-state index contributed by atoms with van der Waals surface area (Å²) in [7, 11) is 4.29. The SMILES string of the molecule is CN1CCN(C[C@@H]2c3ccccc3C(=O)N(Cc3ccccc3)[C@H]2c2cccn2C)CC1. The predicted octanol–water partition coefficient (Wildman–Crippen LogP) is 3.75. The number of carbonyl (C=O) groups excluding carboxylic acids is 1. The van der Waals surface area contributed by atoms with Gasteiger partial charge in [0.2, 0.25) is 0 Å². The number of aromatic nitrogens is 1. The lowest BCUT2D eigenvalue weighted by Crippen LogP contribution is -2.50. The molecule has 0 unspecified atom stereocenters. The predicted molar refractivity (Wildman–Crippen MR) is 128 cm³/mol. The Labute approximate surface area is 190 Å². The molecule has 0 aliphatic carbocycles. The molecular formula is C27H32N4O. The quantitative estimate of drug-likeness (QED) is 0.620. The molecule has 5 heteroatoms. The van der Waals surface area contributed by atoms with Crippen LogP contribution in [0, 0.1) is 0 Å². The van der Waals surface area contributed by atoms with E-state index in [-0.39, 0.29) is 17.9 Å². The fraction of sp³-hybridized carbons (Fsp3) is 0.370. The van der Waals surface area contributed by atoms with Gasteiger partial charge in [0.05, 0.1) is 6.04 Å². The van der Waals surface area contributed by atoms with Gasteiger partial charge in [0.15, 0.2) is 0 Å². The van der Waals surface area contributed by atoms with E-state index in [0.717, 1.165) is 43.9 Å². The van der Waals surface area contributed by atoms with Crippen molar-refractivity contribution in [3.63, 3.8) is 0 Å². The lowest BCUT2D eigenvalue weighted by atomic mass is 9.80. The number of nitrogens with zero attached hydrogens (tertiary/aromatic N) is 4. The van der Waals surface area contributed by atoms with E-state index in [1.54, 1.807) is 0 Å². The van der Waals surface area contributed by atoms with Crippen LogP contribution in [0.4, 0.5) is 0 Å². The van der Waals surface area contributed by atoms with Crippen LogP contribution < -0.4 is 0 Å². The smallest absolute Gasteiger partial charge is 0.255 e. The lowest BCUT2D eigenvalue weighted by molar-refractivity contribution is 0.0523. The Hall–Kier alpha value is -2.89. The Bertz CT molecular complexity index is 1070. The summed E-state index contributed by atoms with van der Waals surface area (Å²) in [6, 6.07) is 22.9. The summed E-state index contributed by atoms with van der Waals surface area (Å²) < 4.78 is 2.18. The molecule has 5 nitrogen and oxygen atoms in total. The van der Waals surface area contributed by atoms with Crippen LogP contribution in [0.1, 0.15) is 39.1 Å². The zero-order valence-corrected chi connectivity index (χ0v) is 19.0. The van der Waals surface area contributed by atoms with Crippen molar-refractivity contribution < 1.29 is 4.79 Å². The Kier molecular flexibility index (Phi) is 5.85. The molecule has 2 aliphatic heterocycles. The Morgan fingerprint density at radius 3 is 2.28 bits per heavy atom. The van der Waals surface area contributed by atoms with Gasteiger partial charge in [0, 0.05) is 69.7 Å². The molecule has 2 aliphatic rings. The van der Waals surface area contributed by atoms with Crippen LogP contribution in [-0.2, 0) is 13.6 Å². The van der Waals surface area contributed by atoms with Crippen LogP contribution in [0.5, 0.6) is 0 Å². The fourth-order valence-electron chi connectivity index (χ4n) is 5.29. The summed E-state index contributed by atoms with van der Waals surface area (Å²) in [5.74, 6) is 0.356. The van der Waals surface area contributed by atoms with Gasteiger partial charge in [-0.15, -0.1) is 0 Å². The number of hydrogen-bond acceptors (Lipinski definition) is 3. The molecule has 0 bridgehead atoms. The van der Waals surface area contributed by atoms with Crippen LogP contribution in [-0.4, -0.2) is 64.9 Å². The minimum Gasteiger partial charge on any atom is -0.353 e. The molecule has 0 spiro atoms. The zero-order chi connectivity index (χ0) is 22.1. The Morgan fingerprint density at radius 1 is 0.844 bits per heavy atom. The number of amides is 1. The first-order chi connectivity index (χ1) is 15.6. The number of carbonyl (C=O) groups is 1.